The summed E-state index contributed by atoms with van der Waals surface area (Å²) in [5.74, 6) is 2.94. The number of aromatic nitrogens is 2. The van der Waals surface area contributed by atoms with Gasteiger partial charge in [-0.3, -0.25) is 9.69 Å². The summed E-state index contributed by atoms with van der Waals surface area (Å²) in [6.45, 7) is 0. The van der Waals surface area contributed by atoms with Crippen molar-refractivity contribution in [3.63, 3.8) is 0 Å². The maximum Gasteiger partial charge on any atom is 0.288 e. The lowest BCUT2D eigenvalue weighted by atomic mass is 9.78. The van der Waals surface area contributed by atoms with Gasteiger partial charge in [0.1, 0.15) is 0 Å². The van der Waals surface area contributed by atoms with Crippen molar-refractivity contribution in [2.45, 2.75) is 81.5 Å². The minimum absolute atomic E-state index is 0.109. The van der Waals surface area contributed by atoms with Crippen molar-refractivity contribution < 1.29 is 0 Å². The van der Waals surface area contributed by atoms with Gasteiger partial charge in [0.25, 0.3) is 5.56 Å². The van der Waals surface area contributed by atoms with Gasteiger partial charge in [-0.2, -0.15) is 0 Å². The van der Waals surface area contributed by atoms with Crippen LogP contribution in [-0.4, -0.2) is 32.1 Å². The van der Waals surface area contributed by atoms with Crippen LogP contribution in [0.3, 0.4) is 0 Å². The van der Waals surface area contributed by atoms with Crippen LogP contribution in [-0.2, 0) is 0 Å². The van der Waals surface area contributed by atoms with Crippen molar-refractivity contribution in [1.82, 2.24) is 14.5 Å². The average Bonchev–Trinajstić information content (AvgIpc) is 3.23. The molecule has 0 amide bonds. The molecule has 2 saturated heterocycles. The molecule has 29 heavy (non-hydrogen) atoms. The van der Waals surface area contributed by atoms with E-state index in [-0.39, 0.29) is 16.8 Å². The Bertz CT molecular complexity index is 1040. The van der Waals surface area contributed by atoms with Crippen LogP contribution in [0.4, 0.5) is 0 Å². The van der Waals surface area contributed by atoms with E-state index in [1.54, 1.807) is 0 Å². The second kappa shape index (κ2) is 5.85. The summed E-state index contributed by atoms with van der Waals surface area (Å²) in [6, 6.07) is 9.48. The predicted octanol–water partition coefficient (Wildman–Crippen LogP) is 4.80. The van der Waals surface area contributed by atoms with Crippen LogP contribution in [0.5, 0.6) is 0 Å². The lowest BCUT2D eigenvalue weighted by Crippen LogP contribution is -2.58. The molecule has 0 spiro atoms. The molecular formula is C24H28ClN3O. The molecule has 5 heteroatoms. The first kappa shape index (κ1) is 17.3. The molecule has 6 fully saturated rings. The van der Waals surface area contributed by atoms with Crippen LogP contribution in [0, 0.1) is 17.8 Å². The molecule has 1 aromatic carbocycles. The van der Waals surface area contributed by atoms with Gasteiger partial charge in [0.15, 0.2) is 5.15 Å². The van der Waals surface area contributed by atoms with Gasteiger partial charge >= 0.3 is 0 Å². The van der Waals surface area contributed by atoms with E-state index < -0.39 is 0 Å². The highest BCUT2D eigenvalue weighted by atomic mass is 35.5. The molecule has 0 radical (unpaired) electrons. The first-order valence-corrected chi connectivity index (χ1v) is 12.0. The lowest BCUT2D eigenvalue weighted by molar-refractivity contribution is -0.0244. The molecular weight excluding hydrogens is 382 g/mol. The summed E-state index contributed by atoms with van der Waals surface area (Å²) < 4.78 is 1.99. The zero-order valence-electron chi connectivity index (χ0n) is 16.8. The molecule has 152 valence electrons. The minimum Gasteiger partial charge on any atom is -0.301 e. The third-order valence-electron chi connectivity index (χ3n) is 9.29. The van der Waals surface area contributed by atoms with Crippen molar-refractivity contribution >= 4 is 22.6 Å². The maximum absolute atomic E-state index is 13.0. The number of para-hydroxylation sites is 2. The summed E-state index contributed by atoms with van der Waals surface area (Å²) in [7, 11) is 0. The smallest absolute Gasteiger partial charge is 0.288 e. The van der Waals surface area contributed by atoms with Gasteiger partial charge in [0.05, 0.1) is 11.0 Å². The average molecular weight is 410 g/mol. The van der Waals surface area contributed by atoms with E-state index in [2.05, 4.69) is 9.88 Å². The molecule has 3 unspecified atom stereocenters. The van der Waals surface area contributed by atoms with E-state index in [0.29, 0.717) is 17.6 Å². The second-order valence-electron chi connectivity index (χ2n) is 10.6. The third kappa shape index (κ3) is 2.25. The van der Waals surface area contributed by atoms with Crippen molar-refractivity contribution in [2.24, 2.45) is 17.8 Å². The summed E-state index contributed by atoms with van der Waals surface area (Å²) in [4.78, 5) is 20.4. The Morgan fingerprint density at radius 3 is 2.34 bits per heavy atom. The number of halogens is 1. The summed E-state index contributed by atoms with van der Waals surface area (Å²) in [6.07, 6.45) is 12.2. The van der Waals surface area contributed by atoms with Gasteiger partial charge in [-0.25, -0.2) is 4.98 Å². The first-order valence-electron chi connectivity index (χ1n) is 11.6. The fraction of sp³-hybridized carbons (Fsp3) is 0.667. The highest BCUT2D eigenvalue weighted by molar-refractivity contribution is 6.29. The number of benzene rings is 1. The Balaban J connectivity index is 1.27. The van der Waals surface area contributed by atoms with Gasteiger partial charge < -0.3 is 4.57 Å². The van der Waals surface area contributed by atoms with Crippen LogP contribution in [0.15, 0.2) is 29.1 Å². The van der Waals surface area contributed by atoms with E-state index in [9.17, 15) is 4.79 Å². The highest BCUT2D eigenvalue weighted by Crippen LogP contribution is 2.65. The zero-order valence-corrected chi connectivity index (χ0v) is 17.5. The zero-order chi connectivity index (χ0) is 19.3. The van der Waals surface area contributed by atoms with E-state index in [1.807, 2.05) is 28.8 Å². The molecule has 4 aliphatic carbocycles. The topological polar surface area (TPSA) is 38.1 Å². The Labute approximate surface area is 176 Å². The SMILES string of the molecule is O=c1c(Cl)nc2ccccc2n1C1C[C@H]2CC[C@@H](C1)N2C12CC3CC(CC1C3)C2. The number of fused-ring (bicyclic) bond motifs is 3. The van der Waals surface area contributed by atoms with Gasteiger partial charge in [-0.15, -0.1) is 0 Å². The maximum atomic E-state index is 13.0. The molecule has 2 aromatic rings. The summed E-state index contributed by atoms with van der Waals surface area (Å²) >= 11 is 6.27. The number of hydrogen-bond donors (Lipinski definition) is 0. The van der Waals surface area contributed by atoms with Crippen molar-refractivity contribution in [2.75, 3.05) is 0 Å². The Morgan fingerprint density at radius 2 is 1.62 bits per heavy atom. The van der Waals surface area contributed by atoms with Crippen LogP contribution < -0.4 is 5.56 Å². The first-order chi connectivity index (χ1) is 14.1. The molecule has 4 saturated carbocycles. The summed E-state index contributed by atoms with van der Waals surface area (Å²) in [5, 5.41) is 0.115. The summed E-state index contributed by atoms with van der Waals surface area (Å²) in [5.41, 5.74) is 2.17. The van der Waals surface area contributed by atoms with Crippen LogP contribution in [0.1, 0.15) is 63.8 Å². The monoisotopic (exact) mass is 409 g/mol. The van der Waals surface area contributed by atoms with Gasteiger partial charge in [-0.1, -0.05) is 23.7 Å². The number of piperidine rings is 1. The van der Waals surface area contributed by atoms with Crippen LogP contribution in [0.25, 0.3) is 11.0 Å². The van der Waals surface area contributed by atoms with Gasteiger partial charge in [0.2, 0.25) is 0 Å². The standard InChI is InChI=1S/C24H28ClN3O/c25-22-23(29)27(21-4-2-1-3-20(21)26-22)19-10-17-5-6-18(11-19)28(17)24-12-14-7-15(13-24)9-16(24)8-14/h1-4,14-19H,5-13H2/t14?,15?,16?,17-,18+,19?,24?. The van der Waals surface area contributed by atoms with Crippen molar-refractivity contribution in [1.29, 1.82) is 0 Å². The molecule has 2 aliphatic heterocycles. The van der Waals surface area contributed by atoms with E-state index in [1.165, 1.54) is 44.9 Å². The van der Waals surface area contributed by atoms with Gasteiger partial charge in [0, 0.05) is 23.7 Å². The van der Waals surface area contributed by atoms with Crippen molar-refractivity contribution in [3.05, 3.63) is 39.8 Å². The molecule has 1 aromatic heterocycles. The molecule has 8 rings (SSSR count). The normalized spacial score (nSPS) is 42.9. The Morgan fingerprint density at radius 1 is 0.931 bits per heavy atom. The Hall–Kier alpha value is -1.39. The van der Waals surface area contributed by atoms with E-state index in [0.717, 1.165) is 41.6 Å². The molecule has 6 aliphatic rings. The van der Waals surface area contributed by atoms with Crippen molar-refractivity contribution in [3.8, 4) is 0 Å². The largest absolute Gasteiger partial charge is 0.301 e. The third-order valence-corrected chi connectivity index (χ3v) is 9.54. The van der Waals surface area contributed by atoms with E-state index >= 15 is 0 Å². The molecule has 4 nitrogen and oxygen atoms in total. The highest BCUT2D eigenvalue weighted by Gasteiger charge is 2.64. The predicted molar refractivity (Wildman–Crippen MR) is 114 cm³/mol. The quantitative estimate of drug-likeness (QED) is 0.715. The van der Waals surface area contributed by atoms with Crippen LogP contribution in [0.2, 0.25) is 5.15 Å². The fourth-order valence-electron chi connectivity index (χ4n) is 8.75. The second-order valence-corrected chi connectivity index (χ2v) is 11.0. The molecule has 5 atom stereocenters. The lowest BCUT2D eigenvalue weighted by Gasteiger charge is -2.52. The van der Waals surface area contributed by atoms with Gasteiger partial charge in [-0.05, 0) is 87.7 Å². The van der Waals surface area contributed by atoms with E-state index in [4.69, 9.17) is 11.6 Å². The fourth-order valence-corrected chi connectivity index (χ4v) is 8.93. The van der Waals surface area contributed by atoms with Crippen LogP contribution >= 0.6 is 11.6 Å². The number of nitrogens with zero attached hydrogens (tertiary/aromatic N) is 3. The molecule has 6 bridgehead atoms. The minimum atomic E-state index is -0.109. The molecule has 0 N–H and O–H groups in total. The molecule has 3 heterocycles. The Kier molecular flexibility index (Phi) is 3.49. The number of rotatable bonds is 2. The number of hydrogen-bond acceptors (Lipinski definition) is 3.